The molecular weight excluding hydrogens is 567 g/mol. The number of anilines is 1. The van der Waals surface area contributed by atoms with E-state index in [0.717, 1.165) is 25.3 Å². The molecule has 1 aromatic carbocycles. The van der Waals surface area contributed by atoms with Crippen molar-refractivity contribution in [2.75, 3.05) is 23.0 Å². The molecule has 0 bridgehead atoms. The minimum absolute atomic E-state index is 0.109. The van der Waals surface area contributed by atoms with Crippen molar-refractivity contribution in [2.45, 2.75) is 24.3 Å². The molecule has 3 aromatic rings. The molecule has 3 heterocycles. The zero-order chi connectivity index (χ0) is 24.7. The first kappa shape index (κ1) is 25.8. The lowest BCUT2D eigenvalue weighted by Crippen LogP contribution is -2.36. The number of fused-ring (bicyclic) bond motifs is 2. The Kier molecular flexibility index (Phi) is 7.56. The minimum atomic E-state index is -4.36. The molecule has 0 unspecified atom stereocenters. The zero-order valence-corrected chi connectivity index (χ0v) is 22.0. The summed E-state index contributed by atoms with van der Waals surface area (Å²) in [6.45, 7) is 0.499. The van der Waals surface area contributed by atoms with Gasteiger partial charge in [0.1, 0.15) is 4.70 Å². The Bertz CT molecular complexity index is 1480. The largest absolute Gasteiger partial charge is 0.748 e. The SMILES string of the molecule is O=S(=O)([O-])CCCN1C(=Cc2sc3ccoc3[n+]2CCCS(=O)(=O)[O-])Sc2cc(Cl)c(Cl)cc21. The number of aromatic nitrogens is 1. The molecule has 0 amide bonds. The molecule has 34 heavy (non-hydrogen) atoms. The highest BCUT2D eigenvalue weighted by atomic mass is 35.5. The normalized spacial score (nSPS) is 15.5. The van der Waals surface area contributed by atoms with Gasteiger partial charge in [-0.05, 0) is 18.6 Å². The molecule has 0 saturated carbocycles. The van der Waals surface area contributed by atoms with Crippen molar-refractivity contribution < 1.29 is 34.9 Å². The highest BCUT2D eigenvalue weighted by molar-refractivity contribution is 8.04. The summed E-state index contributed by atoms with van der Waals surface area (Å²) >= 11 is 15.2. The van der Waals surface area contributed by atoms with Crippen molar-refractivity contribution in [3.8, 4) is 0 Å². The van der Waals surface area contributed by atoms with Crippen molar-refractivity contribution in [3.05, 3.63) is 44.5 Å². The number of rotatable bonds is 9. The van der Waals surface area contributed by atoms with E-state index in [4.69, 9.17) is 27.6 Å². The van der Waals surface area contributed by atoms with Gasteiger partial charge in [0.05, 0.1) is 53.3 Å². The van der Waals surface area contributed by atoms with E-state index in [9.17, 15) is 25.9 Å². The molecule has 2 aromatic heterocycles. The first-order chi connectivity index (χ1) is 15.9. The lowest BCUT2D eigenvalue weighted by Gasteiger charge is -2.21. The number of halogens is 2. The summed E-state index contributed by atoms with van der Waals surface area (Å²) in [5, 5.41) is 2.20. The van der Waals surface area contributed by atoms with Crippen LogP contribution in [-0.4, -0.2) is 44.0 Å². The smallest absolute Gasteiger partial charge is 0.392 e. The van der Waals surface area contributed by atoms with Gasteiger partial charge in [-0.3, -0.25) is 0 Å². The van der Waals surface area contributed by atoms with Crippen LogP contribution in [0.2, 0.25) is 10.0 Å². The summed E-state index contributed by atoms with van der Waals surface area (Å²) in [6.07, 6.45) is 3.61. The molecule has 1 aliphatic rings. The number of nitrogens with zero attached hydrogens (tertiary/aromatic N) is 2. The molecule has 184 valence electrons. The van der Waals surface area contributed by atoms with Gasteiger partial charge in [-0.15, -0.1) is 4.57 Å². The molecule has 0 radical (unpaired) electrons. The van der Waals surface area contributed by atoms with Gasteiger partial charge in [0.15, 0.2) is 6.54 Å². The van der Waals surface area contributed by atoms with Gasteiger partial charge in [0, 0.05) is 35.4 Å². The predicted molar refractivity (Wildman–Crippen MR) is 130 cm³/mol. The van der Waals surface area contributed by atoms with E-state index in [1.54, 1.807) is 22.8 Å². The summed E-state index contributed by atoms with van der Waals surface area (Å²) < 4.78 is 74.6. The number of hydrogen-bond acceptors (Lipinski definition) is 10. The molecule has 9 nitrogen and oxygen atoms in total. The lowest BCUT2D eigenvalue weighted by molar-refractivity contribution is -0.674. The summed E-state index contributed by atoms with van der Waals surface area (Å²) in [4.78, 5) is 2.68. The number of thiazole rings is 1. The second-order valence-electron chi connectivity index (χ2n) is 7.38. The van der Waals surface area contributed by atoms with E-state index in [0.29, 0.717) is 15.8 Å². The van der Waals surface area contributed by atoms with Gasteiger partial charge in [0.25, 0.3) is 5.01 Å². The quantitative estimate of drug-likeness (QED) is 0.271. The molecule has 4 rings (SSSR count). The van der Waals surface area contributed by atoms with Crippen LogP contribution < -0.4 is 9.47 Å². The van der Waals surface area contributed by atoms with E-state index < -0.39 is 31.7 Å². The van der Waals surface area contributed by atoms with Gasteiger partial charge in [0.2, 0.25) is 0 Å². The Morgan fingerprint density at radius 1 is 1.06 bits per heavy atom. The van der Waals surface area contributed by atoms with Crippen LogP contribution >= 0.6 is 46.3 Å². The first-order valence-corrected chi connectivity index (χ1v) is 15.4. The van der Waals surface area contributed by atoms with Crippen molar-refractivity contribution in [1.29, 1.82) is 0 Å². The van der Waals surface area contributed by atoms with Crippen LogP contribution in [0.4, 0.5) is 5.69 Å². The maximum atomic E-state index is 11.1. The molecule has 0 fully saturated rings. The molecule has 0 saturated heterocycles. The van der Waals surface area contributed by atoms with Crippen LogP contribution in [0.25, 0.3) is 16.5 Å². The minimum Gasteiger partial charge on any atom is -0.748 e. The Morgan fingerprint density at radius 2 is 1.74 bits per heavy atom. The molecule has 0 spiro atoms. The molecule has 0 aliphatic carbocycles. The van der Waals surface area contributed by atoms with Crippen molar-refractivity contribution in [2.24, 2.45) is 0 Å². The van der Waals surface area contributed by atoms with Crippen LogP contribution in [0, 0.1) is 0 Å². The van der Waals surface area contributed by atoms with Crippen molar-refractivity contribution in [3.63, 3.8) is 0 Å². The molecule has 1 aliphatic heterocycles. The van der Waals surface area contributed by atoms with Crippen molar-refractivity contribution in [1.82, 2.24) is 0 Å². The zero-order valence-electron chi connectivity index (χ0n) is 17.3. The van der Waals surface area contributed by atoms with Crippen LogP contribution in [0.15, 0.2) is 38.8 Å². The van der Waals surface area contributed by atoms with Crippen LogP contribution in [0.3, 0.4) is 0 Å². The Morgan fingerprint density at radius 3 is 2.44 bits per heavy atom. The highest BCUT2D eigenvalue weighted by Crippen LogP contribution is 2.49. The van der Waals surface area contributed by atoms with Crippen molar-refractivity contribution >= 4 is 88.7 Å². The van der Waals surface area contributed by atoms with Gasteiger partial charge >= 0.3 is 5.71 Å². The number of benzene rings is 1. The number of aryl methyl sites for hydroxylation is 1. The molecule has 15 heteroatoms. The summed E-state index contributed by atoms with van der Waals surface area (Å²) in [6, 6.07) is 5.19. The van der Waals surface area contributed by atoms with Gasteiger partial charge < -0.3 is 18.4 Å². The Labute approximate surface area is 214 Å². The van der Waals surface area contributed by atoms with Crippen LogP contribution in [0.1, 0.15) is 17.8 Å². The number of thioether (sulfide) groups is 1. The monoisotopic (exact) mass is 583 g/mol. The summed E-state index contributed by atoms with van der Waals surface area (Å²) in [5.41, 5.74) is 1.29. The lowest BCUT2D eigenvalue weighted by atomic mass is 10.2. The second kappa shape index (κ2) is 9.97. The van der Waals surface area contributed by atoms with E-state index in [1.807, 2.05) is 11.0 Å². The van der Waals surface area contributed by atoms with Gasteiger partial charge in [-0.1, -0.05) is 46.3 Å². The average molecular weight is 585 g/mol. The molecule has 0 atom stereocenters. The molecule has 0 N–H and O–H groups in total. The fourth-order valence-electron chi connectivity index (χ4n) is 3.49. The van der Waals surface area contributed by atoms with E-state index in [-0.39, 0.29) is 25.9 Å². The Balaban J connectivity index is 1.69. The average Bonchev–Trinajstić information content (AvgIpc) is 3.37. The van der Waals surface area contributed by atoms with E-state index >= 15 is 0 Å². The summed E-state index contributed by atoms with van der Waals surface area (Å²) in [7, 11) is -8.71. The third kappa shape index (κ3) is 6.08. The fraction of sp³-hybridized carbons (Fsp3) is 0.316. The third-order valence-corrected chi connectivity index (χ3v) is 9.38. The number of hydrogen-bond donors (Lipinski definition) is 0. The predicted octanol–water partition coefficient (Wildman–Crippen LogP) is 3.87. The van der Waals surface area contributed by atoms with E-state index in [1.165, 1.54) is 29.4 Å². The second-order valence-corrected chi connectivity index (χ2v) is 13.4. The van der Waals surface area contributed by atoms with E-state index in [2.05, 4.69) is 0 Å². The van der Waals surface area contributed by atoms with Crippen LogP contribution in [-0.2, 0) is 26.8 Å². The maximum Gasteiger partial charge on any atom is 0.392 e. The maximum absolute atomic E-state index is 11.1. The topological polar surface area (TPSA) is 135 Å². The Hall–Kier alpha value is -1.32. The standard InChI is InChI=1S/C19H18Cl2N2O7S4/c20-12-9-14-16(10-13(12)21)32-17(22(14)4-1-7-33(24,25)26)11-18-23(5-2-8-34(27,28)29)19-15(31-18)3-6-30-19/h3,6,9-11H,1-2,4-5,7-8H2,(H-,24,25,26,27,28,29)/p-1. The number of furan rings is 1. The fourth-order valence-corrected chi connectivity index (χ4v) is 7.11. The first-order valence-electron chi connectivity index (χ1n) is 9.84. The summed E-state index contributed by atoms with van der Waals surface area (Å²) in [5.74, 6) is -1.01. The van der Waals surface area contributed by atoms with Gasteiger partial charge in [-0.25, -0.2) is 16.8 Å². The highest BCUT2D eigenvalue weighted by Gasteiger charge is 2.29. The van der Waals surface area contributed by atoms with Gasteiger partial charge in [-0.2, -0.15) is 0 Å². The van der Waals surface area contributed by atoms with Crippen LogP contribution in [0.5, 0.6) is 0 Å². The third-order valence-electron chi connectivity index (χ3n) is 4.91. The molecular formula is C19H17Cl2N2O7S4-.